The molecule has 3 fully saturated rings. The van der Waals surface area contributed by atoms with Crippen molar-refractivity contribution in [3.8, 4) is 0 Å². The molecule has 3 saturated heterocycles. The van der Waals surface area contributed by atoms with Crippen LogP contribution in [0.5, 0.6) is 0 Å². The summed E-state index contributed by atoms with van der Waals surface area (Å²) in [6, 6.07) is -0.995. The highest BCUT2D eigenvalue weighted by Crippen LogP contribution is 2.33. The lowest BCUT2D eigenvalue weighted by molar-refractivity contribution is -0.379. The Labute approximate surface area is 579 Å². The van der Waals surface area contributed by atoms with E-state index in [1.165, 1.54) is 199 Å². The second-order valence-corrected chi connectivity index (χ2v) is 27.5. The van der Waals surface area contributed by atoms with Crippen molar-refractivity contribution in [1.82, 2.24) is 5.32 Å². The number of hydrogen-bond acceptors (Lipinski definition) is 18. The first-order valence-electron chi connectivity index (χ1n) is 38.5. The van der Waals surface area contributed by atoms with Gasteiger partial charge in [0.2, 0.25) is 5.91 Å². The van der Waals surface area contributed by atoms with Crippen molar-refractivity contribution in [2.24, 2.45) is 0 Å². The number of amides is 1. The van der Waals surface area contributed by atoms with E-state index in [2.05, 4.69) is 67.8 Å². The minimum absolute atomic E-state index is 0.232. The maximum atomic E-state index is 13.5. The van der Waals surface area contributed by atoms with Gasteiger partial charge < -0.3 is 89.9 Å². The molecule has 96 heavy (non-hydrogen) atoms. The average Bonchev–Trinajstić information content (AvgIpc) is 1.09. The van der Waals surface area contributed by atoms with Crippen LogP contribution in [0.15, 0.2) is 60.8 Å². The molecule has 0 saturated carbocycles. The molecule has 3 heterocycles. The number of carbonyl (C=O) groups excluding carboxylic acids is 1. The number of rotatable bonds is 60. The summed E-state index contributed by atoms with van der Waals surface area (Å²) in [6.45, 7) is 1.73. The van der Waals surface area contributed by atoms with Gasteiger partial charge in [-0.05, 0) is 70.6 Å². The van der Waals surface area contributed by atoms with Crippen LogP contribution < -0.4 is 5.32 Å². The Morgan fingerprint density at radius 1 is 0.375 bits per heavy atom. The van der Waals surface area contributed by atoms with E-state index in [1.54, 1.807) is 6.08 Å². The fraction of sp³-hybridized carbons (Fsp3) is 0.857. The number of allylic oxidation sites excluding steroid dienone is 9. The molecule has 19 nitrogen and oxygen atoms in total. The summed E-state index contributed by atoms with van der Waals surface area (Å²) in [5.74, 6) is -0.286. The standard InChI is InChI=1S/C77H139NO18/c1-3-5-7-9-11-13-15-17-19-21-23-25-27-29-30-31-33-35-37-39-41-43-45-47-49-51-53-55-65(83)78-60(61(82)54-52-50-48-46-44-42-40-38-36-34-32-28-26-24-22-20-18-16-14-12-10-8-6-4-2)59-91-75-71(89)68(86)73(63(57-80)93-75)96-77-72(90)69(87)74(64(58-81)94-77)95-76-70(88)67(85)66(84)62(56-79)92-76/h15,17,21,23,27,29,44,46,52,54,60-64,66-77,79-82,84-90H,3-14,16,18-20,22,24-26,28,30-43,45,47-51,53,55-59H2,1-2H3,(H,78,83)/b17-15-,23-21-,29-27-,46-44+,54-52+. The minimum atomic E-state index is -1.98. The Kier molecular flexibility index (Phi) is 53.0. The van der Waals surface area contributed by atoms with Crippen LogP contribution >= 0.6 is 0 Å². The van der Waals surface area contributed by atoms with Gasteiger partial charge in [-0.2, -0.15) is 0 Å². The molecular weight excluding hydrogens is 1230 g/mol. The van der Waals surface area contributed by atoms with Gasteiger partial charge in [-0.15, -0.1) is 0 Å². The van der Waals surface area contributed by atoms with Crippen molar-refractivity contribution >= 4 is 5.91 Å². The molecule has 3 aliphatic heterocycles. The molecule has 12 N–H and O–H groups in total. The number of carbonyl (C=O) groups is 1. The Morgan fingerprint density at radius 2 is 0.698 bits per heavy atom. The molecular formula is C77H139NO18. The van der Waals surface area contributed by atoms with Crippen molar-refractivity contribution in [2.45, 2.75) is 394 Å². The molecule has 0 radical (unpaired) electrons. The smallest absolute Gasteiger partial charge is 0.220 e. The summed E-state index contributed by atoms with van der Waals surface area (Å²) < 4.78 is 34.4. The number of ether oxygens (including phenoxy) is 6. The first-order chi connectivity index (χ1) is 46.8. The molecule has 0 aromatic carbocycles. The maximum Gasteiger partial charge on any atom is 0.220 e. The maximum absolute atomic E-state index is 13.5. The van der Waals surface area contributed by atoms with Crippen molar-refractivity contribution in [2.75, 3.05) is 26.4 Å². The zero-order chi connectivity index (χ0) is 69.6. The summed E-state index contributed by atoms with van der Waals surface area (Å²) >= 11 is 0. The predicted molar refractivity (Wildman–Crippen MR) is 379 cm³/mol. The van der Waals surface area contributed by atoms with Crippen molar-refractivity contribution in [3.63, 3.8) is 0 Å². The topological polar surface area (TPSA) is 307 Å². The Bertz CT molecular complexity index is 1970. The van der Waals surface area contributed by atoms with Gasteiger partial charge in [0.1, 0.15) is 73.2 Å². The van der Waals surface area contributed by atoms with Gasteiger partial charge in [-0.25, -0.2) is 0 Å². The number of hydrogen-bond donors (Lipinski definition) is 12. The second kappa shape index (κ2) is 58.0. The molecule has 560 valence electrons. The van der Waals surface area contributed by atoms with Gasteiger partial charge in [0.15, 0.2) is 18.9 Å². The van der Waals surface area contributed by atoms with E-state index in [4.69, 9.17) is 28.4 Å². The number of aliphatic hydroxyl groups excluding tert-OH is 11. The van der Waals surface area contributed by atoms with Crippen molar-refractivity contribution < 1.29 is 89.4 Å². The first-order valence-corrected chi connectivity index (χ1v) is 38.5. The average molecular weight is 1370 g/mol. The molecule has 0 spiro atoms. The van der Waals surface area contributed by atoms with E-state index in [0.29, 0.717) is 12.8 Å². The third-order valence-corrected chi connectivity index (χ3v) is 19.0. The normalized spacial score (nSPS) is 27.4. The number of aliphatic hydroxyl groups is 11. The van der Waals surface area contributed by atoms with Crippen LogP contribution in [-0.2, 0) is 33.2 Å². The summed E-state index contributed by atoms with van der Waals surface area (Å²) in [4.78, 5) is 13.5. The third kappa shape index (κ3) is 38.5. The van der Waals surface area contributed by atoms with Crippen LogP contribution in [0.25, 0.3) is 0 Å². The molecule has 17 atom stereocenters. The molecule has 3 aliphatic rings. The second-order valence-electron chi connectivity index (χ2n) is 27.5. The van der Waals surface area contributed by atoms with E-state index < -0.39 is 124 Å². The monoisotopic (exact) mass is 1370 g/mol. The lowest BCUT2D eigenvalue weighted by atomic mass is 9.96. The quantitative estimate of drug-likeness (QED) is 0.0199. The van der Waals surface area contributed by atoms with Crippen LogP contribution in [0.3, 0.4) is 0 Å². The van der Waals surface area contributed by atoms with Crippen LogP contribution in [0.4, 0.5) is 0 Å². The van der Waals surface area contributed by atoms with Gasteiger partial charge in [0.05, 0.1) is 38.6 Å². The lowest BCUT2D eigenvalue weighted by Crippen LogP contribution is -2.66. The number of nitrogens with one attached hydrogen (secondary N) is 1. The SMILES string of the molecule is CCCCCCC/C=C\C/C=C\C/C=C\CCCCCCCCCCCCCCC(=O)NC(COC1OC(CO)C(OC2OC(CO)C(OC3OC(CO)C(O)C(O)C3O)C(O)C2O)C(O)C1O)C(O)/C=C/CC/C=C/CCCCCCCCCCCCCCCCCCCC. The third-order valence-electron chi connectivity index (χ3n) is 19.0. The van der Waals surface area contributed by atoms with E-state index in [9.17, 15) is 61.0 Å². The van der Waals surface area contributed by atoms with Gasteiger partial charge >= 0.3 is 0 Å². The van der Waals surface area contributed by atoms with Gasteiger partial charge in [0, 0.05) is 6.42 Å². The van der Waals surface area contributed by atoms with E-state index in [0.717, 1.165) is 57.8 Å². The molecule has 0 aromatic rings. The Hall–Kier alpha value is -2.51. The first kappa shape index (κ1) is 87.7. The van der Waals surface area contributed by atoms with Crippen LogP contribution in [0.2, 0.25) is 0 Å². The van der Waals surface area contributed by atoms with Gasteiger partial charge in [0.25, 0.3) is 0 Å². The molecule has 0 aromatic heterocycles. The van der Waals surface area contributed by atoms with Gasteiger partial charge in [-0.3, -0.25) is 4.79 Å². The zero-order valence-electron chi connectivity index (χ0n) is 59.6. The zero-order valence-corrected chi connectivity index (χ0v) is 59.6. The van der Waals surface area contributed by atoms with Crippen LogP contribution in [0.1, 0.15) is 290 Å². The van der Waals surface area contributed by atoms with E-state index in [-0.39, 0.29) is 18.9 Å². The molecule has 0 bridgehead atoms. The highest BCUT2D eigenvalue weighted by atomic mass is 16.8. The minimum Gasteiger partial charge on any atom is -0.394 e. The Morgan fingerprint density at radius 3 is 1.11 bits per heavy atom. The van der Waals surface area contributed by atoms with E-state index in [1.807, 2.05) is 6.08 Å². The fourth-order valence-corrected chi connectivity index (χ4v) is 12.8. The molecule has 1 amide bonds. The van der Waals surface area contributed by atoms with E-state index >= 15 is 0 Å². The van der Waals surface area contributed by atoms with Crippen LogP contribution in [-0.4, -0.2) is 193 Å². The highest BCUT2D eigenvalue weighted by molar-refractivity contribution is 5.76. The molecule has 19 heteroatoms. The predicted octanol–water partition coefficient (Wildman–Crippen LogP) is 11.9. The van der Waals surface area contributed by atoms with Crippen molar-refractivity contribution in [1.29, 1.82) is 0 Å². The lowest BCUT2D eigenvalue weighted by Gasteiger charge is -2.48. The fourth-order valence-electron chi connectivity index (χ4n) is 12.8. The van der Waals surface area contributed by atoms with Crippen molar-refractivity contribution in [3.05, 3.63) is 60.8 Å². The molecule has 0 aliphatic carbocycles. The highest BCUT2D eigenvalue weighted by Gasteiger charge is 2.53. The summed E-state index contributed by atoms with van der Waals surface area (Å²) in [6.07, 6.45) is 46.3. The van der Waals surface area contributed by atoms with Crippen LogP contribution in [0, 0.1) is 0 Å². The summed E-state index contributed by atoms with van der Waals surface area (Å²) in [7, 11) is 0. The van der Waals surface area contributed by atoms with Gasteiger partial charge in [-0.1, -0.05) is 274 Å². The Balaban J connectivity index is 1.41. The largest absolute Gasteiger partial charge is 0.394 e. The summed E-state index contributed by atoms with van der Waals surface area (Å²) in [5, 5.41) is 121. The molecule has 3 rings (SSSR count). The molecule has 17 unspecified atom stereocenters. The summed E-state index contributed by atoms with van der Waals surface area (Å²) in [5.41, 5.74) is 0. The number of unbranched alkanes of at least 4 members (excludes halogenated alkanes) is 36.